The first-order valence-electron chi connectivity index (χ1n) is 6.62. The summed E-state index contributed by atoms with van der Waals surface area (Å²) in [5.74, 6) is 0. The van der Waals surface area contributed by atoms with Crippen LogP contribution < -0.4 is 0 Å². The number of aliphatic hydroxyl groups is 1. The molecule has 2 rings (SSSR count). The molecule has 0 spiro atoms. The third kappa shape index (κ3) is 2.83. The Balaban J connectivity index is 2.52. The molecule has 0 saturated carbocycles. The van der Waals surface area contributed by atoms with Crippen LogP contribution in [0.25, 0.3) is 0 Å². The molecule has 19 heavy (non-hydrogen) atoms. The minimum absolute atomic E-state index is 0.677. The van der Waals surface area contributed by atoms with Gasteiger partial charge in [-0.25, -0.2) is 0 Å². The summed E-state index contributed by atoms with van der Waals surface area (Å²) < 4.78 is 0. The number of hydrogen-bond donors (Lipinski definition) is 1. The van der Waals surface area contributed by atoms with Crippen LogP contribution >= 0.6 is 11.6 Å². The second-order valence-corrected chi connectivity index (χ2v) is 5.35. The first-order valence-corrected chi connectivity index (χ1v) is 7.00. The Hall–Kier alpha value is -1.31. The topological polar surface area (TPSA) is 20.2 Å². The largest absolute Gasteiger partial charge is 0.380 e. The first kappa shape index (κ1) is 14.1. The molecule has 0 fully saturated rings. The van der Waals surface area contributed by atoms with Crippen LogP contribution in [0.1, 0.15) is 36.5 Å². The second kappa shape index (κ2) is 5.77. The van der Waals surface area contributed by atoms with E-state index in [1.54, 1.807) is 0 Å². The Labute approximate surface area is 119 Å². The Kier molecular flexibility index (Phi) is 4.28. The Morgan fingerprint density at radius 2 is 1.74 bits per heavy atom. The van der Waals surface area contributed by atoms with Crippen LogP contribution in [0.2, 0.25) is 5.02 Å². The van der Waals surface area contributed by atoms with Crippen molar-refractivity contribution < 1.29 is 5.11 Å². The maximum absolute atomic E-state index is 11.1. The summed E-state index contributed by atoms with van der Waals surface area (Å²) in [5, 5.41) is 11.8. The SMILES string of the molecule is CCCC(O)(c1ccccc1)c1ccc(C)c(Cl)c1. The van der Waals surface area contributed by atoms with Crippen LogP contribution in [-0.4, -0.2) is 5.11 Å². The zero-order valence-corrected chi connectivity index (χ0v) is 12.1. The molecule has 2 aromatic carbocycles. The molecule has 1 N–H and O–H groups in total. The van der Waals surface area contributed by atoms with Gasteiger partial charge in [0.25, 0.3) is 0 Å². The van der Waals surface area contributed by atoms with E-state index in [0.717, 1.165) is 23.1 Å². The molecule has 100 valence electrons. The van der Waals surface area contributed by atoms with E-state index in [-0.39, 0.29) is 0 Å². The number of halogens is 1. The smallest absolute Gasteiger partial charge is 0.115 e. The van der Waals surface area contributed by atoms with Crippen molar-refractivity contribution in [1.82, 2.24) is 0 Å². The highest BCUT2D eigenvalue weighted by molar-refractivity contribution is 6.31. The molecule has 0 heterocycles. The number of hydrogen-bond acceptors (Lipinski definition) is 1. The van der Waals surface area contributed by atoms with Crippen molar-refractivity contribution in [3.63, 3.8) is 0 Å². The van der Waals surface area contributed by atoms with Crippen LogP contribution in [0.3, 0.4) is 0 Å². The fourth-order valence-electron chi connectivity index (χ4n) is 2.38. The average Bonchev–Trinajstić information content (AvgIpc) is 2.43. The molecule has 0 aliphatic carbocycles. The quantitative estimate of drug-likeness (QED) is 0.858. The molecule has 0 radical (unpaired) electrons. The van der Waals surface area contributed by atoms with Gasteiger partial charge in [0.15, 0.2) is 0 Å². The molecule has 2 heteroatoms. The van der Waals surface area contributed by atoms with E-state index >= 15 is 0 Å². The molecule has 0 amide bonds. The number of rotatable bonds is 4. The van der Waals surface area contributed by atoms with E-state index in [1.807, 2.05) is 55.5 Å². The van der Waals surface area contributed by atoms with E-state index in [2.05, 4.69) is 6.92 Å². The molecule has 2 aromatic rings. The van der Waals surface area contributed by atoms with E-state index < -0.39 is 5.60 Å². The molecule has 0 aliphatic heterocycles. The lowest BCUT2D eigenvalue weighted by Gasteiger charge is -2.29. The first-order chi connectivity index (χ1) is 9.08. The Bertz CT molecular complexity index is 550. The van der Waals surface area contributed by atoms with Crippen molar-refractivity contribution in [3.8, 4) is 0 Å². The van der Waals surface area contributed by atoms with Gasteiger partial charge in [-0.3, -0.25) is 0 Å². The lowest BCUT2D eigenvalue weighted by atomic mass is 9.82. The van der Waals surface area contributed by atoms with Gasteiger partial charge in [-0.2, -0.15) is 0 Å². The third-order valence-electron chi connectivity index (χ3n) is 3.51. The van der Waals surface area contributed by atoms with Crippen molar-refractivity contribution >= 4 is 11.6 Å². The standard InChI is InChI=1S/C17H19ClO/c1-3-11-17(19,14-7-5-4-6-8-14)15-10-9-13(2)16(18)12-15/h4-10,12,19H,3,11H2,1-2H3. The van der Waals surface area contributed by atoms with Gasteiger partial charge >= 0.3 is 0 Å². The van der Waals surface area contributed by atoms with Gasteiger partial charge in [0, 0.05) is 5.02 Å². The summed E-state index contributed by atoms with van der Waals surface area (Å²) in [7, 11) is 0. The van der Waals surface area contributed by atoms with Gasteiger partial charge in [-0.15, -0.1) is 0 Å². The maximum Gasteiger partial charge on any atom is 0.115 e. The lowest BCUT2D eigenvalue weighted by molar-refractivity contribution is 0.0702. The highest BCUT2D eigenvalue weighted by Gasteiger charge is 2.30. The van der Waals surface area contributed by atoms with Gasteiger partial charge in [0.05, 0.1) is 0 Å². The Morgan fingerprint density at radius 1 is 1.05 bits per heavy atom. The third-order valence-corrected chi connectivity index (χ3v) is 3.92. The van der Waals surface area contributed by atoms with Gasteiger partial charge in [0.1, 0.15) is 5.60 Å². The summed E-state index contributed by atoms with van der Waals surface area (Å²) in [6.45, 7) is 4.04. The molecule has 0 aromatic heterocycles. The minimum Gasteiger partial charge on any atom is -0.380 e. The highest BCUT2D eigenvalue weighted by Crippen LogP contribution is 2.35. The van der Waals surface area contributed by atoms with Crippen molar-refractivity contribution in [2.45, 2.75) is 32.3 Å². The number of aryl methyl sites for hydroxylation is 1. The fourth-order valence-corrected chi connectivity index (χ4v) is 2.56. The monoisotopic (exact) mass is 274 g/mol. The van der Waals surface area contributed by atoms with Crippen LogP contribution in [0, 0.1) is 6.92 Å². The van der Waals surface area contributed by atoms with Crippen molar-refractivity contribution in [1.29, 1.82) is 0 Å². The molecular formula is C17H19ClO. The molecule has 1 atom stereocenters. The minimum atomic E-state index is -0.965. The average molecular weight is 275 g/mol. The predicted molar refractivity (Wildman–Crippen MR) is 80.5 cm³/mol. The lowest BCUT2D eigenvalue weighted by Crippen LogP contribution is -2.27. The van der Waals surface area contributed by atoms with Crippen LogP contribution in [0.4, 0.5) is 0 Å². The highest BCUT2D eigenvalue weighted by atomic mass is 35.5. The second-order valence-electron chi connectivity index (χ2n) is 4.94. The van der Waals surface area contributed by atoms with E-state index in [9.17, 15) is 5.11 Å². The van der Waals surface area contributed by atoms with Gasteiger partial charge < -0.3 is 5.11 Å². The molecule has 0 aliphatic rings. The molecular weight excluding hydrogens is 256 g/mol. The molecule has 0 bridgehead atoms. The summed E-state index contributed by atoms with van der Waals surface area (Å²) in [4.78, 5) is 0. The zero-order chi connectivity index (χ0) is 13.9. The fraction of sp³-hybridized carbons (Fsp3) is 0.294. The van der Waals surface area contributed by atoms with Crippen molar-refractivity contribution in [3.05, 3.63) is 70.2 Å². The van der Waals surface area contributed by atoms with Gasteiger partial charge in [0.2, 0.25) is 0 Å². The van der Waals surface area contributed by atoms with Gasteiger partial charge in [-0.1, -0.05) is 67.4 Å². The van der Waals surface area contributed by atoms with Crippen LogP contribution in [-0.2, 0) is 5.60 Å². The zero-order valence-electron chi connectivity index (χ0n) is 11.4. The summed E-state index contributed by atoms with van der Waals surface area (Å²) in [6, 6.07) is 15.6. The summed E-state index contributed by atoms with van der Waals surface area (Å²) in [5.41, 5.74) is 1.83. The van der Waals surface area contributed by atoms with Crippen molar-refractivity contribution in [2.24, 2.45) is 0 Å². The van der Waals surface area contributed by atoms with Gasteiger partial charge in [-0.05, 0) is 36.1 Å². The van der Waals surface area contributed by atoms with E-state index in [4.69, 9.17) is 11.6 Å². The Morgan fingerprint density at radius 3 is 2.32 bits per heavy atom. The predicted octanol–water partition coefficient (Wildman–Crippen LogP) is 4.68. The normalized spacial score (nSPS) is 14.1. The molecule has 0 saturated heterocycles. The van der Waals surface area contributed by atoms with E-state index in [1.165, 1.54) is 0 Å². The number of benzene rings is 2. The van der Waals surface area contributed by atoms with E-state index in [0.29, 0.717) is 11.4 Å². The molecule has 1 unspecified atom stereocenters. The molecule has 1 nitrogen and oxygen atoms in total. The van der Waals surface area contributed by atoms with Crippen LogP contribution in [0.5, 0.6) is 0 Å². The van der Waals surface area contributed by atoms with Crippen LogP contribution in [0.15, 0.2) is 48.5 Å². The van der Waals surface area contributed by atoms with Crippen molar-refractivity contribution in [2.75, 3.05) is 0 Å². The maximum atomic E-state index is 11.1. The summed E-state index contributed by atoms with van der Waals surface area (Å²) in [6.07, 6.45) is 1.58. The summed E-state index contributed by atoms with van der Waals surface area (Å²) >= 11 is 6.20.